The molecule has 3 aromatic rings. The fourth-order valence-electron chi connectivity index (χ4n) is 4.14. The van der Waals surface area contributed by atoms with Crippen LogP contribution in [0.5, 0.6) is 17.2 Å². The van der Waals surface area contributed by atoms with Gasteiger partial charge in [0.05, 0.1) is 18.7 Å². The van der Waals surface area contributed by atoms with Gasteiger partial charge in [0.25, 0.3) is 11.7 Å². The van der Waals surface area contributed by atoms with E-state index >= 15 is 0 Å². The molecule has 7 nitrogen and oxygen atoms in total. The van der Waals surface area contributed by atoms with E-state index in [1.807, 2.05) is 30.3 Å². The molecule has 0 aliphatic carbocycles. The van der Waals surface area contributed by atoms with E-state index in [0.717, 1.165) is 0 Å². The van der Waals surface area contributed by atoms with Crippen molar-refractivity contribution in [1.82, 2.24) is 0 Å². The number of hydrogen-bond acceptors (Lipinski definition) is 6. The van der Waals surface area contributed by atoms with Crippen LogP contribution < -0.4 is 19.1 Å². The van der Waals surface area contributed by atoms with E-state index < -0.39 is 17.7 Å². The smallest absolute Gasteiger partial charge is 0.300 e. The number of nitrogens with zero attached hydrogens (tertiary/aromatic N) is 1. The van der Waals surface area contributed by atoms with Crippen molar-refractivity contribution in [3.63, 3.8) is 0 Å². The number of methoxy groups -OCH3 is 1. The molecule has 3 aromatic carbocycles. The standard InChI is InChI=1S/C26H21NO6/c1-31-19-10-8-18(9-11-19)27-23(16-5-3-2-4-6-16)22(25(29)26(27)30)24(28)17-7-12-20-21(15-17)33-14-13-32-20/h2-12,15,23,28H,13-14H2,1H3/b24-22-. The normalized spacial score (nSPS) is 18.9. The highest BCUT2D eigenvalue weighted by atomic mass is 16.6. The van der Waals surface area contributed by atoms with E-state index in [9.17, 15) is 14.7 Å². The zero-order chi connectivity index (χ0) is 22.9. The Morgan fingerprint density at radius 1 is 0.939 bits per heavy atom. The number of Topliss-reactive ketones (excluding diaryl/α,β-unsaturated/α-hetero) is 1. The first-order chi connectivity index (χ1) is 16.1. The molecule has 0 saturated carbocycles. The SMILES string of the molecule is COc1ccc(N2C(=O)C(=O)/C(=C(\O)c3ccc4c(c3)OCCO4)C2c2ccccc2)cc1. The molecule has 1 unspecified atom stereocenters. The second kappa shape index (κ2) is 8.35. The molecule has 1 atom stereocenters. The molecule has 5 rings (SSSR count). The van der Waals surface area contributed by atoms with E-state index in [1.54, 1.807) is 49.6 Å². The van der Waals surface area contributed by atoms with Crippen LogP contribution in [-0.4, -0.2) is 37.1 Å². The predicted molar refractivity (Wildman–Crippen MR) is 122 cm³/mol. The van der Waals surface area contributed by atoms with Crippen molar-refractivity contribution in [1.29, 1.82) is 0 Å². The molecule has 2 aliphatic rings. The van der Waals surface area contributed by atoms with Crippen LogP contribution in [0.25, 0.3) is 5.76 Å². The molecule has 1 saturated heterocycles. The van der Waals surface area contributed by atoms with E-state index in [0.29, 0.717) is 47.3 Å². The highest BCUT2D eigenvalue weighted by Gasteiger charge is 2.47. The molecule has 2 heterocycles. The maximum atomic E-state index is 13.2. The molecule has 1 N–H and O–H groups in total. The van der Waals surface area contributed by atoms with E-state index in [4.69, 9.17) is 14.2 Å². The number of ketones is 1. The molecular weight excluding hydrogens is 422 g/mol. The van der Waals surface area contributed by atoms with Crippen molar-refractivity contribution in [2.24, 2.45) is 0 Å². The van der Waals surface area contributed by atoms with Gasteiger partial charge in [-0.15, -0.1) is 0 Å². The zero-order valence-corrected chi connectivity index (χ0v) is 17.9. The summed E-state index contributed by atoms with van der Waals surface area (Å²) in [7, 11) is 1.55. The van der Waals surface area contributed by atoms with Gasteiger partial charge in [-0.2, -0.15) is 0 Å². The van der Waals surface area contributed by atoms with Gasteiger partial charge in [0, 0.05) is 11.3 Å². The molecule has 166 valence electrons. The molecule has 2 aliphatic heterocycles. The molecule has 0 aromatic heterocycles. The average molecular weight is 443 g/mol. The molecule has 1 amide bonds. The topological polar surface area (TPSA) is 85.3 Å². The number of ether oxygens (including phenoxy) is 3. The van der Waals surface area contributed by atoms with E-state index in [1.165, 1.54) is 4.90 Å². The minimum absolute atomic E-state index is 0.0127. The van der Waals surface area contributed by atoms with Crippen LogP contribution in [0.1, 0.15) is 17.2 Å². The number of aliphatic hydroxyl groups is 1. The Kier molecular flexibility index (Phi) is 5.22. The van der Waals surface area contributed by atoms with Gasteiger partial charge < -0.3 is 19.3 Å². The highest BCUT2D eigenvalue weighted by Crippen LogP contribution is 2.43. The van der Waals surface area contributed by atoms with Crippen LogP contribution >= 0.6 is 0 Å². The fourth-order valence-corrected chi connectivity index (χ4v) is 4.14. The number of anilines is 1. The summed E-state index contributed by atoms with van der Waals surface area (Å²) in [4.78, 5) is 27.8. The molecule has 0 radical (unpaired) electrons. The van der Waals surface area contributed by atoms with Gasteiger partial charge in [-0.25, -0.2) is 0 Å². The van der Waals surface area contributed by atoms with Crippen LogP contribution in [0.2, 0.25) is 0 Å². The fraction of sp³-hybridized carbons (Fsp3) is 0.154. The van der Waals surface area contributed by atoms with Gasteiger partial charge in [-0.1, -0.05) is 30.3 Å². The van der Waals surface area contributed by atoms with Crippen LogP contribution in [0.15, 0.2) is 78.4 Å². The average Bonchev–Trinajstić information content (AvgIpc) is 3.14. The summed E-state index contributed by atoms with van der Waals surface area (Å²) >= 11 is 0. The Hall–Kier alpha value is -4.26. The predicted octanol–water partition coefficient (Wildman–Crippen LogP) is 4.09. The third-order valence-corrected chi connectivity index (χ3v) is 5.73. The number of amides is 1. The van der Waals surface area contributed by atoms with Crippen molar-refractivity contribution in [2.75, 3.05) is 25.2 Å². The number of carbonyl (C=O) groups excluding carboxylic acids is 2. The Morgan fingerprint density at radius 2 is 1.64 bits per heavy atom. The van der Waals surface area contributed by atoms with Gasteiger partial charge in [-0.05, 0) is 48.0 Å². The first kappa shape index (κ1) is 20.6. The maximum Gasteiger partial charge on any atom is 0.300 e. The lowest BCUT2D eigenvalue weighted by Gasteiger charge is -2.25. The lowest BCUT2D eigenvalue weighted by Crippen LogP contribution is -2.29. The largest absolute Gasteiger partial charge is 0.507 e. The summed E-state index contributed by atoms with van der Waals surface area (Å²) in [6, 6.07) is 20.2. The molecule has 0 bridgehead atoms. The number of aliphatic hydroxyl groups excluding tert-OH is 1. The van der Waals surface area contributed by atoms with Crippen LogP contribution in [-0.2, 0) is 9.59 Å². The van der Waals surface area contributed by atoms with Crippen LogP contribution in [0.3, 0.4) is 0 Å². The Morgan fingerprint density at radius 3 is 2.33 bits per heavy atom. The maximum absolute atomic E-state index is 13.2. The molecule has 33 heavy (non-hydrogen) atoms. The number of benzene rings is 3. The van der Waals surface area contributed by atoms with E-state index in [2.05, 4.69) is 0 Å². The van der Waals surface area contributed by atoms with Gasteiger partial charge in [0.1, 0.15) is 24.7 Å². The zero-order valence-electron chi connectivity index (χ0n) is 17.9. The first-order valence-electron chi connectivity index (χ1n) is 10.5. The summed E-state index contributed by atoms with van der Waals surface area (Å²) in [5, 5.41) is 11.3. The van der Waals surface area contributed by atoms with Gasteiger partial charge in [-0.3, -0.25) is 14.5 Å². The number of fused-ring (bicyclic) bond motifs is 1. The lowest BCUT2D eigenvalue weighted by molar-refractivity contribution is -0.132. The first-order valence-corrected chi connectivity index (χ1v) is 10.5. The van der Waals surface area contributed by atoms with Gasteiger partial charge in [0.15, 0.2) is 11.5 Å². The Bertz CT molecular complexity index is 1250. The molecule has 0 spiro atoms. The Balaban J connectivity index is 1.66. The van der Waals surface area contributed by atoms with Gasteiger partial charge in [0.2, 0.25) is 0 Å². The van der Waals surface area contributed by atoms with Crippen molar-refractivity contribution < 1.29 is 28.9 Å². The van der Waals surface area contributed by atoms with Crippen molar-refractivity contribution >= 4 is 23.1 Å². The number of rotatable bonds is 4. The second-order valence-corrected chi connectivity index (χ2v) is 7.64. The quantitative estimate of drug-likeness (QED) is 0.371. The molecule has 7 heteroatoms. The van der Waals surface area contributed by atoms with Gasteiger partial charge >= 0.3 is 0 Å². The van der Waals surface area contributed by atoms with Crippen molar-refractivity contribution in [2.45, 2.75) is 6.04 Å². The number of carbonyl (C=O) groups is 2. The monoisotopic (exact) mass is 443 g/mol. The summed E-state index contributed by atoms with van der Waals surface area (Å²) in [6.07, 6.45) is 0. The van der Waals surface area contributed by atoms with Crippen molar-refractivity contribution in [3.8, 4) is 17.2 Å². The number of hydrogen-bond donors (Lipinski definition) is 1. The third kappa shape index (κ3) is 3.57. The second-order valence-electron chi connectivity index (χ2n) is 7.64. The van der Waals surface area contributed by atoms with E-state index in [-0.39, 0.29) is 11.3 Å². The summed E-state index contributed by atoms with van der Waals surface area (Å²) in [5.74, 6) is -0.0692. The van der Waals surface area contributed by atoms with Crippen LogP contribution in [0.4, 0.5) is 5.69 Å². The van der Waals surface area contributed by atoms with Crippen molar-refractivity contribution in [3.05, 3.63) is 89.5 Å². The molecular formula is C26H21NO6. The minimum atomic E-state index is -0.798. The highest BCUT2D eigenvalue weighted by molar-refractivity contribution is 6.51. The summed E-state index contributed by atoms with van der Waals surface area (Å²) < 4.78 is 16.4. The summed E-state index contributed by atoms with van der Waals surface area (Å²) in [6.45, 7) is 0.836. The third-order valence-electron chi connectivity index (χ3n) is 5.73. The Labute approximate surface area is 190 Å². The minimum Gasteiger partial charge on any atom is -0.507 e. The molecule has 1 fully saturated rings. The lowest BCUT2D eigenvalue weighted by atomic mass is 9.95. The summed E-state index contributed by atoms with van der Waals surface area (Å²) in [5.41, 5.74) is 1.60. The van der Waals surface area contributed by atoms with Crippen LogP contribution in [0, 0.1) is 0 Å².